The van der Waals surface area contributed by atoms with Crippen molar-refractivity contribution < 1.29 is 4.79 Å². The first kappa shape index (κ1) is 15.2. The molecule has 1 N–H and O–H groups in total. The molecule has 1 aromatic heterocycles. The number of carbonyl (C=O) groups is 1. The zero-order chi connectivity index (χ0) is 14.6. The van der Waals surface area contributed by atoms with Crippen molar-refractivity contribution in [3.63, 3.8) is 0 Å². The minimum absolute atomic E-state index is 0.163. The molecule has 0 aliphatic heterocycles. The summed E-state index contributed by atoms with van der Waals surface area (Å²) >= 11 is 5.67. The van der Waals surface area contributed by atoms with Crippen molar-refractivity contribution in [1.82, 2.24) is 15.5 Å². The van der Waals surface area contributed by atoms with Crippen LogP contribution in [0.5, 0.6) is 0 Å². The largest absolute Gasteiger partial charge is 0.350 e. The van der Waals surface area contributed by atoms with Crippen molar-refractivity contribution in [3.05, 3.63) is 23.0 Å². The van der Waals surface area contributed by atoms with E-state index in [-0.39, 0.29) is 11.3 Å². The van der Waals surface area contributed by atoms with Crippen LogP contribution in [-0.2, 0) is 0 Å². The highest BCUT2D eigenvalue weighted by Gasteiger charge is 2.34. The Morgan fingerprint density at radius 2 is 2.05 bits per heavy atom. The van der Waals surface area contributed by atoms with Gasteiger partial charge in [0.25, 0.3) is 5.91 Å². The van der Waals surface area contributed by atoms with Crippen molar-refractivity contribution in [2.24, 2.45) is 11.3 Å². The van der Waals surface area contributed by atoms with Gasteiger partial charge < -0.3 is 5.32 Å². The fourth-order valence-electron chi connectivity index (χ4n) is 3.24. The smallest absolute Gasteiger partial charge is 0.271 e. The van der Waals surface area contributed by atoms with Gasteiger partial charge in [-0.05, 0) is 42.7 Å². The zero-order valence-electron chi connectivity index (χ0n) is 12.2. The Labute approximate surface area is 125 Å². The third-order valence-corrected chi connectivity index (χ3v) is 4.20. The number of hydrogen-bond acceptors (Lipinski definition) is 3. The molecular weight excluding hydrogens is 274 g/mol. The molecule has 2 rings (SSSR count). The Hall–Kier alpha value is -1.16. The van der Waals surface area contributed by atoms with E-state index in [0.717, 1.165) is 6.54 Å². The second-order valence-corrected chi connectivity index (χ2v) is 6.62. The number of amides is 1. The lowest BCUT2D eigenvalue weighted by atomic mass is 9.78. The molecule has 0 aromatic carbocycles. The van der Waals surface area contributed by atoms with Gasteiger partial charge in [-0.2, -0.15) is 0 Å². The molecule has 0 saturated heterocycles. The highest BCUT2D eigenvalue weighted by atomic mass is 35.5. The number of carbonyl (C=O) groups excluding carboxylic acids is 1. The predicted molar refractivity (Wildman–Crippen MR) is 79.7 cm³/mol. The molecule has 4 nitrogen and oxygen atoms in total. The molecule has 1 amide bonds. The van der Waals surface area contributed by atoms with Gasteiger partial charge in [-0.25, -0.2) is 0 Å². The summed E-state index contributed by atoms with van der Waals surface area (Å²) in [6.45, 7) is 5.22. The number of hydrogen-bond donors (Lipinski definition) is 1. The normalized spacial score (nSPS) is 17.4. The SMILES string of the molecule is CC(C)CC1(CNC(=O)c2ccc(Cl)nn2)CCCC1. The quantitative estimate of drug-likeness (QED) is 0.905. The Balaban J connectivity index is 1.95. The van der Waals surface area contributed by atoms with Crippen molar-refractivity contribution >= 4 is 17.5 Å². The van der Waals surface area contributed by atoms with Crippen LogP contribution in [0.3, 0.4) is 0 Å². The average molecular weight is 296 g/mol. The van der Waals surface area contributed by atoms with E-state index >= 15 is 0 Å². The minimum atomic E-state index is -0.163. The summed E-state index contributed by atoms with van der Waals surface area (Å²) in [5.41, 5.74) is 0.594. The van der Waals surface area contributed by atoms with E-state index in [2.05, 4.69) is 29.4 Å². The summed E-state index contributed by atoms with van der Waals surface area (Å²) in [7, 11) is 0. The lowest BCUT2D eigenvalue weighted by Gasteiger charge is -2.31. The Bertz CT molecular complexity index is 453. The Morgan fingerprint density at radius 1 is 1.35 bits per heavy atom. The number of nitrogens with zero attached hydrogens (tertiary/aromatic N) is 2. The van der Waals surface area contributed by atoms with Crippen LogP contribution in [0.4, 0.5) is 0 Å². The van der Waals surface area contributed by atoms with E-state index in [1.165, 1.54) is 32.1 Å². The van der Waals surface area contributed by atoms with Crippen LogP contribution in [0.2, 0.25) is 5.15 Å². The first-order valence-corrected chi connectivity index (χ1v) is 7.66. The van der Waals surface area contributed by atoms with E-state index in [1.807, 2.05) is 0 Å². The summed E-state index contributed by atoms with van der Waals surface area (Å²) in [5, 5.41) is 10.8. The van der Waals surface area contributed by atoms with Gasteiger partial charge in [0.15, 0.2) is 10.8 Å². The maximum atomic E-state index is 12.1. The lowest BCUT2D eigenvalue weighted by Crippen LogP contribution is -2.37. The Kier molecular flexibility index (Phi) is 4.97. The van der Waals surface area contributed by atoms with Crippen LogP contribution < -0.4 is 5.32 Å². The van der Waals surface area contributed by atoms with E-state index in [4.69, 9.17) is 11.6 Å². The van der Waals surface area contributed by atoms with Crippen molar-refractivity contribution in [1.29, 1.82) is 0 Å². The van der Waals surface area contributed by atoms with Gasteiger partial charge in [-0.1, -0.05) is 38.3 Å². The summed E-state index contributed by atoms with van der Waals surface area (Å²) in [6, 6.07) is 3.19. The summed E-state index contributed by atoms with van der Waals surface area (Å²) < 4.78 is 0. The van der Waals surface area contributed by atoms with Gasteiger partial charge in [0.05, 0.1) is 0 Å². The van der Waals surface area contributed by atoms with E-state index in [9.17, 15) is 4.79 Å². The van der Waals surface area contributed by atoms with Crippen LogP contribution in [-0.4, -0.2) is 22.6 Å². The fraction of sp³-hybridized carbons (Fsp3) is 0.667. The van der Waals surface area contributed by atoms with Crippen molar-refractivity contribution in [2.75, 3.05) is 6.54 Å². The van der Waals surface area contributed by atoms with Gasteiger partial charge >= 0.3 is 0 Å². The Morgan fingerprint density at radius 3 is 2.60 bits per heavy atom. The number of aromatic nitrogens is 2. The third kappa shape index (κ3) is 3.92. The molecule has 0 spiro atoms. The summed E-state index contributed by atoms with van der Waals surface area (Å²) in [4.78, 5) is 12.1. The predicted octanol–water partition coefficient (Wildman–Crippen LogP) is 3.47. The fourth-order valence-corrected chi connectivity index (χ4v) is 3.34. The van der Waals surface area contributed by atoms with Crippen LogP contribution in [0.25, 0.3) is 0 Å². The van der Waals surface area contributed by atoms with Gasteiger partial charge in [0.2, 0.25) is 0 Å². The highest BCUT2D eigenvalue weighted by Crippen LogP contribution is 2.42. The molecule has 110 valence electrons. The molecule has 0 bridgehead atoms. The molecule has 0 atom stereocenters. The molecule has 1 aliphatic carbocycles. The monoisotopic (exact) mass is 295 g/mol. The number of rotatable bonds is 5. The molecule has 1 saturated carbocycles. The molecular formula is C15H22ClN3O. The molecule has 0 unspecified atom stereocenters. The van der Waals surface area contributed by atoms with Crippen LogP contribution in [0.1, 0.15) is 56.4 Å². The third-order valence-electron chi connectivity index (χ3n) is 3.99. The molecule has 1 aliphatic rings. The van der Waals surface area contributed by atoms with E-state index in [1.54, 1.807) is 12.1 Å². The van der Waals surface area contributed by atoms with Crippen LogP contribution in [0.15, 0.2) is 12.1 Å². The van der Waals surface area contributed by atoms with Gasteiger partial charge in [-0.3, -0.25) is 4.79 Å². The number of halogens is 1. The first-order valence-electron chi connectivity index (χ1n) is 7.28. The van der Waals surface area contributed by atoms with Crippen molar-refractivity contribution in [2.45, 2.75) is 46.0 Å². The van der Waals surface area contributed by atoms with Crippen molar-refractivity contribution in [3.8, 4) is 0 Å². The van der Waals surface area contributed by atoms with Gasteiger partial charge in [-0.15, -0.1) is 10.2 Å². The lowest BCUT2D eigenvalue weighted by molar-refractivity contribution is 0.0916. The summed E-state index contributed by atoms with van der Waals surface area (Å²) in [6.07, 6.45) is 6.11. The topological polar surface area (TPSA) is 54.9 Å². The summed E-state index contributed by atoms with van der Waals surface area (Å²) in [5.74, 6) is 0.490. The highest BCUT2D eigenvalue weighted by molar-refractivity contribution is 6.29. The van der Waals surface area contributed by atoms with Gasteiger partial charge in [0, 0.05) is 6.54 Å². The number of nitrogens with one attached hydrogen (secondary N) is 1. The van der Waals surface area contributed by atoms with E-state index < -0.39 is 0 Å². The van der Waals surface area contributed by atoms with Crippen LogP contribution >= 0.6 is 11.6 Å². The average Bonchev–Trinajstić information content (AvgIpc) is 2.85. The molecule has 1 aromatic rings. The maximum absolute atomic E-state index is 12.1. The molecule has 1 heterocycles. The maximum Gasteiger partial charge on any atom is 0.271 e. The van der Waals surface area contributed by atoms with Gasteiger partial charge in [0.1, 0.15) is 0 Å². The molecule has 1 fully saturated rings. The molecule has 0 radical (unpaired) electrons. The molecule has 20 heavy (non-hydrogen) atoms. The second-order valence-electron chi connectivity index (χ2n) is 6.23. The minimum Gasteiger partial charge on any atom is -0.350 e. The second kappa shape index (κ2) is 6.53. The molecule has 5 heteroatoms. The standard InChI is InChI=1S/C15H22ClN3O/c1-11(2)9-15(7-3-4-8-15)10-17-14(20)12-5-6-13(16)19-18-12/h5-6,11H,3-4,7-10H2,1-2H3,(H,17,20). The first-order chi connectivity index (χ1) is 9.51. The van der Waals surface area contributed by atoms with E-state index in [0.29, 0.717) is 16.8 Å². The zero-order valence-corrected chi connectivity index (χ0v) is 12.9. The van der Waals surface area contributed by atoms with Crippen LogP contribution in [0, 0.1) is 11.3 Å².